The highest BCUT2D eigenvalue weighted by atomic mass is 32.2. The van der Waals surface area contributed by atoms with Gasteiger partial charge in [0.25, 0.3) is 0 Å². The number of hydrogen-bond acceptors (Lipinski definition) is 7. The molecule has 0 aliphatic carbocycles. The Kier molecular flexibility index (Phi) is 5.85. The van der Waals surface area contributed by atoms with Crippen LogP contribution in [-0.2, 0) is 14.6 Å². The number of aromatic nitrogens is 4. The number of rotatable bonds is 6. The van der Waals surface area contributed by atoms with Gasteiger partial charge >= 0.3 is 0 Å². The minimum absolute atomic E-state index is 0.0532. The van der Waals surface area contributed by atoms with Gasteiger partial charge < -0.3 is 4.90 Å². The molecular weight excluding hydrogens is 386 g/mol. The van der Waals surface area contributed by atoms with Gasteiger partial charge in [-0.25, -0.2) is 8.42 Å². The Labute approximate surface area is 163 Å². The molecule has 0 saturated carbocycles. The fourth-order valence-corrected chi connectivity index (χ4v) is 5.66. The number of carbonyl (C=O) groups is 1. The zero-order valence-corrected chi connectivity index (χ0v) is 17.3. The normalized spacial score (nSPS) is 18.6. The van der Waals surface area contributed by atoms with Crippen molar-refractivity contribution in [3.8, 4) is 5.69 Å². The molecule has 1 amide bonds. The van der Waals surface area contributed by atoms with Crippen LogP contribution < -0.4 is 0 Å². The van der Waals surface area contributed by atoms with E-state index in [9.17, 15) is 13.2 Å². The standard InChI is InChI=1S/C17H23N5O3S2/c1-4-21(15-7-8-27(24,25)11-15)16(23)10-26-17-18-19-20-22(17)14-6-5-12(2)13(3)9-14/h5-6,9,15H,4,7-8,10-11H2,1-3H3/t15-/m1/s1. The maximum absolute atomic E-state index is 12.6. The molecule has 1 fully saturated rings. The Bertz CT molecular complexity index is 942. The van der Waals surface area contributed by atoms with E-state index in [-0.39, 0.29) is 29.2 Å². The maximum Gasteiger partial charge on any atom is 0.233 e. The minimum Gasteiger partial charge on any atom is -0.338 e. The molecule has 27 heavy (non-hydrogen) atoms. The SMILES string of the molecule is CCN(C(=O)CSc1nnnn1-c1ccc(C)c(C)c1)[C@@H]1CCS(=O)(=O)C1. The van der Waals surface area contributed by atoms with Crippen LogP contribution in [0.3, 0.4) is 0 Å². The Balaban J connectivity index is 1.69. The molecule has 2 heterocycles. The van der Waals surface area contributed by atoms with Gasteiger partial charge in [-0.05, 0) is 60.9 Å². The van der Waals surface area contributed by atoms with E-state index in [0.717, 1.165) is 11.3 Å². The fourth-order valence-electron chi connectivity index (χ4n) is 3.16. The number of tetrazole rings is 1. The van der Waals surface area contributed by atoms with Crippen molar-refractivity contribution < 1.29 is 13.2 Å². The number of hydrogen-bond donors (Lipinski definition) is 0. The fraction of sp³-hybridized carbons (Fsp3) is 0.529. The Morgan fingerprint density at radius 3 is 2.74 bits per heavy atom. The van der Waals surface area contributed by atoms with Crippen LogP contribution in [0.25, 0.3) is 5.69 Å². The second kappa shape index (κ2) is 7.97. The summed E-state index contributed by atoms with van der Waals surface area (Å²) in [5, 5.41) is 12.3. The first kappa shape index (κ1) is 19.8. The van der Waals surface area contributed by atoms with E-state index in [1.54, 1.807) is 9.58 Å². The summed E-state index contributed by atoms with van der Waals surface area (Å²) in [5.41, 5.74) is 3.16. The number of nitrogens with zero attached hydrogens (tertiary/aromatic N) is 5. The zero-order valence-electron chi connectivity index (χ0n) is 15.6. The Morgan fingerprint density at radius 2 is 2.11 bits per heavy atom. The predicted molar refractivity (Wildman–Crippen MR) is 104 cm³/mol. The van der Waals surface area contributed by atoms with Crippen LogP contribution in [0.15, 0.2) is 23.4 Å². The van der Waals surface area contributed by atoms with Crippen LogP contribution in [-0.4, -0.2) is 69.3 Å². The van der Waals surface area contributed by atoms with Crippen molar-refractivity contribution in [3.05, 3.63) is 29.3 Å². The molecule has 2 aromatic rings. The number of thioether (sulfide) groups is 1. The third kappa shape index (κ3) is 4.49. The summed E-state index contributed by atoms with van der Waals surface area (Å²) in [4.78, 5) is 14.3. The van der Waals surface area contributed by atoms with Gasteiger partial charge in [-0.3, -0.25) is 4.79 Å². The average Bonchev–Trinajstić information content (AvgIpc) is 3.22. The van der Waals surface area contributed by atoms with E-state index < -0.39 is 9.84 Å². The third-order valence-electron chi connectivity index (χ3n) is 4.81. The first-order valence-corrected chi connectivity index (χ1v) is 11.6. The molecule has 1 aliphatic rings. The lowest BCUT2D eigenvalue weighted by molar-refractivity contribution is -0.129. The third-order valence-corrected chi connectivity index (χ3v) is 7.47. The van der Waals surface area contributed by atoms with Crippen molar-refractivity contribution in [1.82, 2.24) is 25.1 Å². The van der Waals surface area contributed by atoms with Crippen LogP contribution in [0.4, 0.5) is 0 Å². The van der Waals surface area contributed by atoms with Gasteiger partial charge in [-0.15, -0.1) is 5.10 Å². The van der Waals surface area contributed by atoms with Crippen molar-refractivity contribution in [2.24, 2.45) is 0 Å². The van der Waals surface area contributed by atoms with Gasteiger partial charge in [-0.1, -0.05) is 17.8 Å². The van der Waals surface area contributed by atoms with Crippen LogP contribution >= 0.6 is 11.8 Å². The number of carbonyl (C=O) groups excluding carboxylic acids is 1. The van der Waals surface area contributed by atoms with E-state index in [4.69, 9.17) is 0 Å². The molecule has 0 radical (unpaired) electrons. The van der Waals surface area contributed by atoms with Crippen molar-refractivity contribution in [1.29, 1.82) is 0 Å². The van der Waals surface area contributed by atoms with Crippen LogP contribution in [0.1, 0.15) is 24.5 Å². The minimum atomic E-state index is -3.03. The summed E-state index contributed by atoms with van der Waals surface area (Å²) in [6.07, 6.45) is 0.507. The van der Waals surface area contributed by atoms with Crippen LogP contribution in [0, 0.1) is 13.8 Å². The van der Waals surface area contributed by atoms with Gasteiger partial charge in [0.15, 0.2) is 9.84 Å². The molecule has 0 spiro atoms. The van der Waals surface area contributed by atoms with Crippen molar-refractivity contribution in [2.45, 2.75) is 38.4 Å². The lowest BCUT2D eigenvalue weighted by Crippen LogP contribution is -2.42. The highest BCUT2D eigenvalue weighted by Crippen LogP contribution is 2.23. The molecule has 1 saturated heterocycles. The second-order valence-electron chi connectivity index (χ2n) is 6.67. The van der Waals surface area contributed by atoms with E-state index >= 15 is 0 Å². The average molecular weight is 410 g/mol. The van der Waals surface area contributed by atoms with Crippen molar-refractivity contribution >= 4 is 27.5 Å². The molecule has 1 aliphatic heterocycles. The first-order chi connectivity index (χ1) is 12.8. The molecule has 0 unspecified atom stereocenters. The lowest BCUT2D eigenvalue weighted by Gasteiger charge is -2.26. The van der Waals surface area contributed by atoms with Crippen molar-refractivity contribution in [3.63, 3.8) is 0 Å². The van der Waals surface area contributed by atoms with E-state index in [1.807, 2.05) is 39.0 Å². The zero-order chi connectivity index (χ0) is 19.6. The number of benzene rings is 1. The number of sulfone groups is 1. The molecular formula is C17H23N5O3S2. The molecule has 146 valence electrons. The van der Waals surface area contributed by atoms with Crippen molar-refractivity contribution in [2.75, 3.05) is 23.8 Å². The highest BCUT2D eigenvalue weighted by Gasteiger charge is 2.33. The second-order valence-corrected chi connectivity index (χ2v) is 9.84. The molecule has 10 heteroatoms. The topological polar surface area (TPSA) is 98.1 Å². The molecule has 8 nitrogen and oxygen atoms in total. The van der Waals surface area contributed by atoms with Gasteiger partial charge in [0.05, 0.1) is 22.9 Å². The molecule has 1 aromatic heterocycles. The summed E-state index contributed by atoms with van der Waals surface area (Å²) >= 11 is 1.26. The molecule has 0 bridgehead atoms. The van der Waals surface area contributed by atoms with Gasteiger partial charge in [0.2, 0.25) is 11.1 Å². The van der Waals surface area contributed by atoms with Crippen LogP contribution in [0.5, 0.6) is 0 Å². The Morgan fingerprint density at radius 1 is 1.33 bits per heavy atom. The number of amides is 1. The largest absolute Gasteiger partial charge is 0.338 e. The quantitative estimate of drug-likeness (QED) is 0.665. The van der Waals surface area contributed by atoms with Gasteiger partial charge in [0, 0.05) is 12.6 Å². The van der Waals surface area contributed by atoms with Gasteiger partial charge in [0.1, 0.15) is 0 Å². The monoisotopic (exact) mass is 409 g/mol. The number of aryl methyl sites for hydroxylation is 2. The van der Waals surface area contributed by atoms with Crippen LogP contribution in [0.2, 0.25) is 0 Å². The summed E-state index contributed by atoms with van der Waals surface area (Å²) in [6.45, 7) is 6.41. The smallest absolute Gasteiger partial charge is 0.233 e. The highest BCUT2D eigenvalue weighted by molar-refractivity contribution is 7.99. The molecule has 0 N–H and O–H groups in total. The molecule has 1 aromatic carbocycles. The maximum atomic E-state index is 12.6. The van der Waals surface area contributed by atoms with E-state index in [2.05, 4.69) is 15.5 Å². The van der Waals surface area contributed by atoms with E-state index in [0.29, 0.717) is 18.1 Å². The molecule has 3 rings (SSSR count). The summed E-state index contributed by atoms with van der Waals surface area (Å²) in [6, 6.07) is 5.71. The predicted octanol–water partition coefficient (Wildman–Crippen LogP) is 1.41. The van der Waals surface area contributed by atoms with Gasteiger partial charge in [-0.2, -0.15) is 4.68 Å². The molecule has 1 atom stereocenters. The van der Waals surface area contributed by atoms with E-state index in [1.165, 1.54) is 17.3 Å². The summed E-state index contributed by atoms with van der Waals surface area (Å²) in [5.74, 6) is 0.270. The first-order valence-electron chi connectivity index (χ1n) is 8.79. The lowest BCUT2D eigenvalue weighted by atomic mass is 10.1. The summed E-state index contributed by atoms with van der Waals surface area (Å²) < 4.78 is 25.0. The summed E-state index contributed by atoms with van der Waals surface area (Å²) in [7, 11) is -3.03. The Hall–Kier alpha value is -1.94.